The monoisotopic (exact) mass is 170 g/mol. The highest BCUT2D eigenvalue weighted by Gasteiger charge is 2.09. The fraction of sp³-hybridized carbons (Fsp3) is 0.143. The number of nitrogens with two attached hydrogens (primary N) is 1. The number of nitrogens with zero attached hydrogens (tertiary/aromatic N) is 1. The summed E-state index contributed by atoms with van der Waals surface area (Å²) >= 11 is 5.61. The minimum Gasteiger partial charge on any atom is -0.365 e. The molecule has 0 atom stereocenters. The van der Waals surface area contributed by atoms with Crippen molar-refractivity contribution in [2.24, 2.45) is 5.73 Å². The van der Waals surface area contributed by atoms with Gasteiger partial charge in [-0.2, -0.15) is 0 Å². The van der Waals surface area contributed by atoms with Gasteiger partial charge in [-0.05, 0) is 18.6 Å². The highest BCUT2D eigenvalue weighted by molar-refractivity contribution is 6.32. The summed E-state index contributed by atoms with van der Waals surface area (Å²) in [5, 5.41) is 0.164. The predicted octanol–water partition coefficient (Wildman–Crippen LogP) is 1.14. The third kappa shape index (κ3) is 1.49. The maximum atomic E-state index is 10.7. The van der Waals surface area contributed by atoms with Crippen molar-refractivity contribution in [1.29, 1.82) is 0 Å². The lowest BCUT2D eigenvalue weighted by Gasteiger charge is -2.00. The lowest BCUT2D eigenvalue weighted by Crippen LogP contribution is -2.13. The number of rotatable bonds is 1. The summed E-state index contributed by atoms with van der Waals surface area (Å²) in [4.78, 5) is 14.5. The Bertz CT molecular complexity index is 278. The number of halogens is 1. The number of amides is 1. The van der Waals surface area contributed by atoms with Crippen molar-refractivity contribution in [2.45, 2.75) is 6.92 Å². The van der Waals surface area contributed by atoms with Crippen molar-refractivity contribution >= 4 is 17.5 Å². The van der Waals surface area contributed by atoms with E-state index >= 15 is 0 Å². The summed E-state index contributed by atoms with van der Waals surface area (Å²) in [6, 6.07) is 1.69. The molecule has 0 fully saturated rings. The van der Waals surface area contributed by atoms with Crippen LogP contribution in [0.25, 0.3) is 0 Å². The van der Waals surface area contributed by atoms with Crippen molar-refractivity contribution in [1.82, 2.24) is 4.98 Å². The Balaban J connectivity index is 3.32. The zero-order valence-corrected chi connectivity index (χ0v) is 6.72. The van der Waals surface area contributed by atoms with Gasteiger partial charge in [-0.15, -0.1) is 0 Å². The van der Waals surface area contributed by atoms with Gasteiger partial charge >= 0.3 is 0 Å². The Morgan fingerprint density at radius 3 is 2.73 bits per heavy atom. The molecule has 0 saturated carbocycles. The first-order valence-electron chi connectivity index (χ1n) is 3.04. The Morgan fingerprint density at radius 2 is 2.36 bits per heavy atom. The first-order chi connectivity index (χ1) is 5.13. The van der Waals surface area contributed by atoms with Gasteiger partial charge in [-0.3, -0.25) is 4.79 Å². The van der Waals surface area contributed by atoms with Crippen LogP contribution < -0.4 is 5.73 Å². The van der Waals surface area contributed by atoms with Crippen molar-refractivity contribution < 1.29 is 4.79 Å². The minimum atomic E-state index is -0.541. The fourth-order valence-corrected chi connectivity index (χ4v) is 1.12. The summed E-state index contributed by atoms with van der Waals surface area (Å²) in [5.74, 6) is -0.541. The van der Waals surface area contributed by atoms with E-state index in [0.717, 1.165) is 5.56 Å². The SMILES string of the molecule is Cc1ccnc(Cl)c1C(N)=O. The van der Waals surface area contributed by atoms with Gasteiger partial charge in [0.2, 0.25) is 0 Å². The summed E-state index contributed by atoms with van der Waals surface area (Å²) in [6.07, 6.45) is 1.53. The van der Waals surface area contributed by atoms with Crippen LogP contribution in [-0.2, 0) is 0 Å². The number of aryl methyl sites for hydroxylation is 1. The van der Waals surface area contributed by atoms with Crippen LogP contribution in [0.2, 0.25) is 5.15 Å². The molecule has 0 saturated heterocycles. The van der Waals surface area contributed by atoms with Crippen LogP contribution in [0.15, 0.2) is 12.3 Å². The molecular weight excluding hydrogens is 164 g/mol. The molecule has 1 aromatic rings. The van der Waals surface area contributed by atoms with Crippen molar-refractivity contribution in [2.75, 3.05) is 0 Å². The number of carbonyl (C=O) groups is 1. The molecule has 1 rings (SSSR count). The summed E-state index contributed by atoms with van der Waals surface area (Å²) in [6.45, 7) is 1.76. The van der Waals surface area contributed by atoms with E-state index < -0.39 is 5.91 Å². The average molecular weight is 171 g/mol. The zero-order chi connectivity index (χ0) is 8.43. The van der Waals surface area contributed by atoms with Crippen LogP contribution in [0.3, 0.4) is 0 Å². The molecule has 0 aliphatic carbocycles. The molecular formula is C7H7ClN2O. The van der Waals surface area contributed by atoms with Gasteiger partial charge in [0.25, 0.3) is 5.91 Å². The number of primary amides is 1. The summed E-state index contributed by atoms with van der Waals surface area (Å²) < 4.78 is 0. The second kappa shape index (κ2) is 2.88. The summed E-state index contributed by atoms with van der Waals surface area (Å²) in [5.41, 5.74) is 6.10. The van der Waals surface area contributed by atoms with Crippen LogP contribution >= 0.6 is 11.6 Å². The topological polar surface area (TPSA) is 56.0 Å². The molecule has 0 aliphatic heterocycles. The standard InChI is InChI=1S/C7H7ClN2O/c1-4-2-3-10-6(8)5(4)7(9)11/h2-3H,1H3,(H2,9,11). The minimum absolute atomic E-state index is 0.164. The Kier molecular flexibility index (Phi) is 2.10. The first kappa shape index (κ1) is 8.01. The van der Waals surface area contributed by atoms with Crippen molar-refractivity contribution in [3.8, 4) is 0 Å². The third-order valence-corrected chi connectivity index (χ3v) is 1.65. The lowest BCUT2D eigenvalue weighted by atomic mass is 10.1. The van der Waals surface area contributed by atoms with Crippen LogP contribution in [0.4, 0.5) is 0 Å². The molecule has 0 aliphatic rings. The van der Waals surface area contributed by atoms with E-state index in [2.05, 4.69) is 4.98 Å². The number of hydrogen-bond donors (Lipinski definition) is 1. The summed E-state index contributed by atoms with van der Waals surface area (Å²) in [7, 11) is 0. The van der Waals surface area contributed by atoms with Gasteiger partial charge in [-0.25, -0.2) is 4.98 Å². The second-order valence-electron chi connectivity index (χ2n) is 2.16. The van der Waals surface area contributed by atoms with Gasteiger partial charge in [0, 0.05) is 6.20 Å². The molecule has 2 N–H and O–H groups in total. The van der Waals surface area contributed by atoms with E-state index in [1.165, 1.54) is 6.20 Å². The molecule has 0 unspecified atom stereocenters. The number of aromatic nitrogens is 1. The van der Waals surface area contributed by atoms with Crippen molar-refractivity contribution in [3.63, 3.8) is 0 Å². The van der Waals surface area contributed by atoms with Crippen LogP contribution in [-0.4, -0.2) is 10.9 Å². The number of pyridine rings is 1. The highest BCUT2D eigenvalue weighted by atomic mass is 35.5. The molecule has 0 spiro atoms. The highest BCUT2D eigenvalue weighted by Crippen LogP contribution is 2.14. The van der Waals surface area contributed by atoms with E-state index in [4.69, 9.17) is 17.3 Å². The Morgan fingerprint density at radius 1 is 1.73 bits per heavy atom. The van der Waals surface area contributed by atoms with Crippen molar-refractivity contribution in [3.05, 3.63) is 28.5 Å². The largest absolute Gasteiger partial charge is 0.365 e. The molecule has 1 aromatic heterocycles. The first-order valence-corrected chi connectivity index (χ1v) is 3.41. The lowest BCUT2D eigenvalue weighted by molar-refractivity contribution is 0.0999. The normalized spacial score (nSPS) is 9.64. The molecule has 1 heterocycles. The van der Waals surface area contributed by atoms with Gasteiger partial charge in [-0.1, -0.05) is 11.6 Å². The molecule has 0 bridgehead atoms. The van der Waals surface area contributed by atoms with Gasteiger partial charge in [0.15, 0.2) is 0 Å². The zero-order valence-electron chi connectivity index (χ0n) is 5.97. The van der Waals surface area contributed by atoms with E-state index in [1.807, 2.05) is 0 Å². The molecule has 0 radical (unpaired) electrons. The van der Waals surface area contributed by atoms with E-state index in [-0.39, 0.29) is 5.15 Å². The molecule has 0 aromatic carbocycles. The average Bonchev–Trinajstić information content (AvgIpc) is 1.85. The molecule has 1 amide bonds. The van der Waals surface area contributed by atoms with Crippen LogP contribution in [0.1, 0.15) is 15.9 Å². The van der Waals surface area contributed by atoms with Gasteiger partial charge in [0.05, 0.1) is 5.56 Å². The van der Waals surface area contributed by atoms with Crippen LogP contribution in [0, 0.1) is 6.92 Å². The number of carbonyl (C=O) groups excluding carboxylic acids is 1. The maximum Gasteiger partial charge on any atom is 0.252 e. The molecule has 58 valence electrons. The fourth-order valence-electron chi connectivity index (χ4n) is 0.821. The predicted molar refractivity (Wildman–Crippen MR) is 42.5 cm³/mol. The molecule has 11 heavy (non-hydrogen) atoms. The Hall–Kier alpha value is -1.09. The molecule has 4 heteroatoms. The molecule has 3 nitrogen and oxygen atoms in total. The number of hydrogen-bond acceptors (Lipinski definition) is 2. The van der Waals surface area contributed by atoms with Crippen LogP contribution in [0.5, 0.6) is 0 Å². The smallest absolute Gasteiger partial charge is 0.252 e. The van der Waals surface area contributed by atoms with E-state index in [1.54, 1.807) is 13.0 Å². The third-order valence-electron chi connectivity index (χ3n) is 1.36. The van der Waals surface area contributed by atoms with Gasteiger partial charge < -0.3 is 5.73 Å². The maximum absolute atomic E-state index is 10.7. The van der Waals surface area contributed by atoms with E-state index in [9.17, 15) is 4.79 Å². The second-order valence-corrected chi connectivity index (χ2v) is 2.52. The Labute approximate surface area is 69.2 Å². The van der Waals surface area contributed by atoms with E-state index in [0.29, 0.717) is 5.56 Å². The van der Waals surface area contributed by atoms with Gasteiger partial charge in [0.1, 0.15) is 5.15 Å². The quantitative estimate of drug-likeness (QED) is 0.643.